The molecular formula is C22H14O. The molecule has 0 amide bonds. The molecule has 0 atom stereocenters. The van der Waals surface area contributed by atoms with Crippen molar-refractivity contribution in [2.45, 2.75) is 0 Å². The number of fused-ring (bicyclic) bond motifs is 4. The molecule has 1 aromatic heterocycles. The Hall–Kier alpha value is -3.06. The molecule has 1 heterocycles. The van der Waals surface area contributed by atoms with Crippen LogP contribution in [-0.4, -0.2) is 0 Å². The largest absolute Gasteiger partial charge is 0.455 e. The van der Waals surface area contributed by atoms with Crippen LogP contribution in [-0.2, 0) is 0 Å². The van der Waals surface area contributed by atoms with Crippen LogP contribution >= 0.6 is 0 Å². The van der Waals surface area contributed by atoms with Gasteiger partial charge in [0.2, 0.25) is 0 Å². The van der Waals surface area contributed by atoms with Crippen LogP contribution in [0.1, 0.15) is 0 Å². The minimum atomic E-state index is 0.924. The maximum absolute atomic E-state index is 6.28. The van der Waals surface area contributed by atoms with E-state index in [0.29, 0.717) is 0 Å². The van der Waals surface area contributed by atoms with Gasteiger partial charge in [0.05, 0.1) is 0 Å². The van der Waals surface area contributed by atoms with E-state index in [2.05, 4.69) is 84.9 Å². The quantitative estimate of drug-likeness (QED) is 0.348. The Bertz CT molecular complexity index is 1160. The van der Waals surface area contributed by atoms with E-state index < -0.39 is 0 Å². The van der Waals surface area contributed by atoms with E-state index in [0.717, 1.165) is 27.7 Å². The van der Waals surface area contributed by atoms with Gasteiger partial charge in [0, 0.05) is 16.3 Å². The lowest BCUT2D eigenvalue weighted by Crippen LogP contribution is -1.77. The van der Waals surface area contributed by atoms with E-state index in [1.165, 1.54) is 16.2 Å². The summed E-state index contributed by atoms with van der Waals surface area (Å²) in [5, 5.41) is 5.97. The molecule has 0 N–H and O–H groups in total. The second-order valence-electron chi connectivity index (χ2n) is 5.84. The van der Waals surface area contributed by atoms with Gasteiger partial charge in [0.15, 0.2) is 0 Å². The lowest BCUT2D eigenvalue weighted by atomic mass is 10.0. The molecule has 1 heteroatoms. The lowest BCUT2D eigenvalue weighted by Gasteiger charge is -2.03. The van der Waals surface area contributed by atoms with Crippen molar-refractivity contribution in [2.75, 3.05) is 0 Å². The summed E-state index contributed by atoms with van der Waals surface area (Å²) < 4.78 is 6.28. The highest BCUT2D eigenvalue weighted by Crippen LogP contribution is 2.35. The van der Waals surface area contributed by atoms with Gasteiger partial charge in [-0.25, -0.2) is 0 Å². The van der Waals surface area contributed by atoms with Crippen molar-refractivity contribution in [3.63, 3.8) is 0 Å². The topological polar surface area (TPSA) is 13.1 Å². The highest BCUT2D eigenvalue weighted by atomic mass is 16.3. The fraction of sp³-hybridized carbons (Fsp3) is 0. The predicted octanol–water partition coefficient (Wildman–Crippen LogP) is 6.41. The molecule has 0 saturated carbocycles. The van der Waals surface area contributed by atoms with E-state index in [1.807, 2.05) is 0 Å². The van der Waals surface area contributed by atoms with Gasteiger partial charge in [-0.15, -0.1) is 0 Å². The number of benzene rings is 4. The predicted molar refractivity (Wildman–Crippen MR) is 96.7 cm³/mol. The Labute approximate surface area is 133 Å². The third-order valence-corrected chi connectivity index (χ3v) is 4.46. The normalized spacial score (nSPS) is 11.5. The maximum Gasteiger partial charge on any atom is 0.142 e. The van der Waals surface area contributed by atoms with Gasteiger partial charge in [0.25, 0.3) is 0 Å². The van der Waals surface area contributed by atoms with Crippen LogP contribution < -0.4 is 0 Å². The van der Waals surface area contributed by atoms with Crippen molar-refractivity contribution in [3.05, 3.63) is 84.9 Å². The monoisotopic (exact) mass is 294 g/mol. The smallest absolute Gasteiger partial charge is 0.142 e. The molecule has 5 rings (SSSR count). The fourth-order valence-electron chi connectivity index (χ4n) is 3.34. The zero-order valence-corrected chi connectivity index (χ0v) is 12.5. The zero-order valence-electron chi connectivity index (χ0n) is 12.5. The van der Waals surface area contributed by atoms with Gasteiger partial charge in [0.1, 0.15) is 11.3 Å². The molecule has 0 bridgehead atoms. The van der Waals surface area contributed by atoms with E-state index >= 15 is 0 Å². The third-order valence-electron chi connectivity index (χ3n) is 4.46. The Morgan fingerprint density at radius 1 is 0.522 bits per heavy atom. The number of hydrogen-bond donors (Lipinski definition) is 0. The van der Waals surface area contributed by atoms with Crippen LogP contribution in [0.15, 0.2) is 89.3 Å². The first-order valence-electron chi connectivity index (χ1n) is 7.79. The molecule has 1 nitrogen and oxygen atoms in total. The number of rotatable bonds is 1. The van der Waals surface area contributed by atoms with E-state index in [1.54, 1.807) is 0 Å². The first-order chi connectivity index (χ1) is 11.4. The molecule has 0 spiro atoms. The Balaban J connectivity index is 1.84. The molecule has 0 fully saturated rings. The van der Waals surface area contributed by atoms with Crippen molar-refractivity contribution in [1.82, 2.24) is 0 Å². The van der Waals surface area contributed by atoms with Crippen molar-refractivity contribution in [3.8, 4) is 11.3 Å². The average molecular weight is 294 g/mol. The first-order valence-corrected chi connectivity index (χ1v) is 7.79. The Kier molecular flexibility index (Phi) is 2.56. The van der Waals surface area contributed by atoms with Crippen LogP contribution in [0, 0.1) is 0 Å². The minimum absolute atomic E-state index is 0.924. The second-order valence-corrected chi connectivity index (χ2v) is 5.84. The minimum Gasteiger partial charge on any atom is -0.455 e. The first kappa shape index (κ1) is 12.5. The summed E-state index contributed by atoms with van der Waals surface area (Å²) in [4.78, 5) is 0. The molecule has 0 unspecified atom stereocenters. The summed E-state index contributed by atoms with van der Waals surface area (Å²) in [5.74, 6) is 0.924. The Morgan fingerprint density at radius 2 is 1.17 bits per heavy atom. The summed E-state index contributed by atoms with van der Waals surface area (Å²) in [6, 6.07) is 29.6. The molecule has 0 aliphatic rings. The summed E-state index contributed by atoms with van der Waals surface area (Å²) in [6.45, 7) is 0. The highest BCUT2D eigenvalue weighted by Gasteiger charge is 2.11. The number of furan rings is 1. The average Bonchev–Trinajstić information content (AvgIpc) is 3.06. The van der Waals surface area contributed by atoms with Crippen molar-refractivity contribution in [1.29, 1.82) is 0 Å². The Morgan fingerprint density at radius 3 is 2.04 bits per heavy atom. The molecule has 0 aliphatic heterocycles. The standard InChI is InChI=1S/C22H14O/c1-3-9-18-15(6-1)8-5-11-20(18)21-14-17-13-12-16-7-2-4-10-19(16)22(17)23-21/h1-14H. The lowest BCUT2D eigenvalue weighted by molar-refractivity contribution is 0.635. The second kappa shape index (κ2) is 4.72. The summed E-state index contributed by atoms with van der Waals surface area (Å²) in [5.41, 5.74) is 2.11. The molecule has 23 heavy (non-hydrogen) atoms. The number of hydrogen-bond acceptors (Lipinski definition) is 1. The van der Waals surface area contributed by atoms with Crippen molar-refractivity contribution < 1.29 is 4.42 Å². The zero-order chi connectivity index (χ0) is 15.2. The van der Waals surface area contributed by atoms with Crippen LogP contribution in [0.3, 0.4) is 0 Å². The van der Waals surface area contributed by atoms with Crippen molar-refractivity contribution >= 4 is 32.5 Å². The highest BCUT2D eigenvalue weighted by molar-refractivity contribution is 6.06. The third kappa shape index (κ3) is 1.87. The maximum atomic E-state index is 6.28. The van der Waals surface area contributed by atoms with E-state index in [4.69, 9.17) is 4.42 Å². The molecule has 0 saturated heterocycles. The van der Waals surface area contributed by atoms with E-state index in [9.17, 15) is 0 Å². The van der Waals surface area contributed by atoms with Crippen LogP contribution in [0.25, 0.3) is 43.8 Å². The fourth-order valence-corrected chi connectivity index (χ4v) is 3.34. The molecule has 0 radical (unpaired) electrons. The van der Waals surface area contributed by atoms with Gasteiger partial charge in [-0.3, -0.25) is 0 Å². The van der Waals surface area contributed by atoms with Gasteiger partial charge in [-0.1, -0.05) is 78.9 Å². The van der Waals surface area contributed by atoms with Crippen LogP contribution in [0.4, 0.5) is 0 Å². The molecule has 5 aromatic rings. The van der Waals surface area contributed by atoms with Crippen LogP contribution in [0.2, 0.25) is 0 Å². The summed E-state index contributed by atoms with van der Waals surface area (Å²) in [6.07, 6.45) is 0. The van der Waals surface area contributed by atoms with Gasteiger partial charge in [-0.05, 0) is 22.2 Å². The van der Waals surface area contributed by atoms with Gasteiger partial charge in [-0.2, -0.15) is 0 Å². The molecule has 108 valence electrons. The SMILES string of the molecule is c1ccc2c(-c3cc4ccc5ccccc5c4o3)cccc2c1. The summed E-state index contributed by atoms with van der Waals surface area (Å²) in [7, 11) is 0. The van der Waals surface area contributed by atoms with Crippen molar-refractivity contribution in [2.24, 2.45) is 0 Å². The molecule has 0 aliphatic carbocycles. The van der Waals surface area contributed by atoms with E-state index in [-0.39, 0.29) is 0 Å². The molecular weight excluding hydrogens is 280 g/mol. The molecule has 4 aromatic carbocycles. The van der Waals surface area contributed by atoms with Gasteiger partial charge >= 0.3 is 0 Å². The van der Waals surface area contributed by atoms with Gasteiger partial charge < -0.3 is 4.42 Å². The summed E-state index contributed by atoms with van der Waals surface area (Å²) >= 11 is 0. The van der Waals surface area contributed by atoms with Crippen LogP contribution in [0.5, 0.6) is 0 Å².